The fourth-order valence-corrected chi connectivity index (χ4v) is 2.68. The van der Waals surface area contributed by atoms with Crippen LogP contribution in [0.4, 0.5) is 0 Å². The summed E-state index contributed by atoms with van der Waals surface area (Å²) in [4.78, 5) is 11.3. The van der Waals surface area contributed by atoms with E-state index in [9.17, 15) is 13.2 Å². The molecule has 0 radical (unpaired) electrons. The lowest BCUT2D eigenvalue weighted by molar-refractivity contribution is -0.119. The highest BCUT2D eigenvalue weighted by molar-refractivity contribution is 7.89. The molecule has 0 heterocycles. The van der Waals surface area contributed by atoms with Crippen molar-refractivity contribution < 1.29 is 13.2 Å². The van der Waals surface area contributed by atoms with Crippen molar-refractivity contribution in [2.75, 3.05) is 0 Å². The number of Topliss-reactive ketones (excluding diaryl/α,β-unsaturated/α-hetero) is 1. The molecule has 1 unspecified atom stereocenters. The van der Waals surface area contributed by atoms with Gasteiger partial charge in [0.25, 0.3) is 0 Å². The number of hydrogen-bond donors (Lipinski definition) is 1. The molecule has 0 aliphatic carbocycles. The topological polar surface area (TPSA) is 87.0 Å². The summed E-state index contributed by atoms with van der Waals surface area (Å²) in [6.07, 6.45) is 0.266. The second-order valence-corrected chi connectivity index (χ2v) is 5.52. The standard InChI is InChI=1S/C12H14N2O3S/c1-3-12(15)9(2)14-18(16,17)11-6-4-5-10(7-11)8-13/h4-7,9,14H,3H2,1-2H3. The first-order chi connectivity index (χ1) is 8.40. The molecule has 1 rings (SSSR count). The van der Waals surface area contributed by atoms with Gasteiger partial charge in [0.1, 0.15) is 5.78 Å². The van der Waals surface area contributed by atoms with Crippen LogP contribution >= 0.6 is 0 Å². The van der Waals surface area contributed by atoms with Gasteiger partial charge in [0, 0.05) is 6.42 Å². The minimum Gasteiger partial charge on any atom is -0.298 e. The zero-order chi connectivity index (χ0) is 13.8. The Kier molecular flexibility index (Phi) is 4.59. The van der Waals surface area contributed by atoms with Crippen LogP contribution in [-0.4, -0.2) is 20.2 Å². The van der Waals surface area contributed by atoms with Gasteiger partial charge in [0.2, 0.25) is 10.0 Å². The molecule has 0 amide bonds. The maximum Gasteiger partial charge on any atom is 0.241 e. The Morgan fingerprint density at radius 1 is 1.50 bits per heavy atom. The number of carbonyl (C=O) groups is 1. The Morgan fingerprint density at radius 2 is 2.17 bits per heavy atom. The van der Waals surface area contributed by atoms with E-state index in [0.717, 1.165) is 0 Å². The van der Waals surface area contributed by atoms with Crippen LogP contribution in [0.25, 0.3) is 0 Å². The molecule has 1 aromatic carbocycles. The molecule has 5 nitrogen and oxygen atoms in total. The lowest BCUT2D eigenvalue weighted by Gasteiger charge is -2.12. The third kappa shape index (κ3) is 3.39. The molecule has 0 aliphatic rings. The highest BCUT2D eigenvalue weighted by Crippen LogP contribution is 2.11. The number of sulfonamides is 1. The number of benzene rings is 1. The van der Waals surface area contributed by atoms with Crippen molar-refractivity contribution in [2.45, 2.75) is 31.2 Å². The molecule has 0 spiro atoms. The Morgan fingerprint density at radius 3 is 2.72 bits per heavy atom. The molecule has 18 heavy (non-hydrogen) atoms. The van der Waals surface area contributed by atoms with Gasteiger partial charge in [-0.3, -0.25) is 4.79 Å². The predicted molar refractivity (Wildman–Crippen MR) is 66.2 cm³/mol. The van der Waals surface area contributed by atoms with Gasteiger partial charge in [-0.15, -0.1) is 0 Å². The fraction of sp³-hybridized carbons (Fsp3) is 0.333. The van der Waals surface area contributed by atoms with Crippen LogP contribution in [0.1, 0.15) is 25.8 Å². The summed E-state index contributed by atoms with van der Waals surface area (Å²) in [7, 11) is -3.77. The van der Waals surface area contributed by atoms with Crippen molar-refractivity contribution in [2.24, 2.45) is 0 Å². The van der Waals surface area contributed by atoms with Gasteiger partial charge in [-0.2, -0.15) is 5.26 Å². The molecule has 0 saturated carbocycles. The monoisotopic (exact) mass is 266 g/mol. The van der Waals surface area contributed by atoms with Crippen LogP contribution in [-0.2, 0) is 14.8 Å². The lowest BCUT2D eigenvalue weighted by atomic mass is 10.2. The summed E-state index contributed by atoms with van der Waals surface area (Å²) >= 11 is 0. The van der Waals surface area contributed by atoms with Gasteiger partial charge in [-0.05, 0) is 25.1 Å². The highest BCUT2D eigenvalue weighted by atomic mass is 32.2. The van der Waals surface area contributed by atoms with E-state index in [1.165, 1.54) is 31.2 Å². The van der Waals surface area contributed by atoms with E-state index < -0.39 is 16.1 Å². The summed E-state index contributed by atoms with van der Waals surface area (Å²) in [5.74, 6) is -0.185. The zero-order valence-corrected chi connectivity index (χ0v) is 11.0. The first-order valence-corrected chi connectivity index (χ1v) is 6.94. The van der Waals surface area contributed by atoms with Crippen molar-refractivity contribution in [3.05, 3.63) is 29.8 Å². The first kappa shape index (κ1) is 14.4. The summed E-state index contributed by atoms with van der Waals surface area (Å²) in [5.41, 5.74) is 0.257. The number of nitriles is 1. The average Bonchev–Trinajstić information content (AvgIpc) is 2.37. The Labute approximate surface area is 106 Å². The number of rotatable bonds is 5. The molecule has 6 heteroatoms. The number of ketones is 1. The molecule has 0 aliphatic heterocycles. The minimum atomic E-state index is -3.77. The lowest BCUT2D eigenvalue weighted by Crippen LogP contribution is -2.38. The molecular formula is C12H14N2O3S. The summed E-state index contributed by atoms with van der Waals surface area (Å²) < 4.78 is 26.2. The average molecular weight is 266 g/mol. The normalized spacial score (nSPS) is 12.7. The molecule has 0 aromatic heterocycles. The summed E-state index contributed by atoms with van der Waals surface area (Å²) in [6.45, 7) is 3.17. The van der Waals surface area contributed by atoms with Gasteiger partial charge in [-0.25, -0.2) is 13.1 Å². The van der Waals surface area contributed by atoms with E-state index in [0.29, 0.717) is 0 Å². The molecule has 1 aromatic rings. The van der Waals surface area contributed by atoms with Crippen LogP contribution in [0.15, 0.2) is 29.2 Å². The summed E-state index contributed by atoms with van der Waals surface area (Å²) in [6, 6.07) is 6.74. The SMILES string of the molecule is CCC(=O)C(C)NS(=O)(=O)c1cccc(C#N)c1. The van der Waals surface area contributed by atoms with E-state index in [2.05, 4.69) is 4.72 Å². The van der Waals surface area contributed by atoms with Crippen molar-refractivity contribution >= 4 is 15.8 Å². The van der Waals surface area contributed by atoms with E-state index in [1.807, 2.05) is 6.07 Å². The first-order valence-electron chi connectivity index (χ1n) is 5.46. The van der Waals surface area contributed by atoms with Crippen molar-refractivity contribution in [3.63, 3.8) is 0 Å². The smallest absolute Gasteiger partial charge is 0.241 e. The van der Waals surface area contributed by atoms with Crippen molar-refractivity contribution in [1.29, 1.82) is 5.26 Å². The number of carbonyl (C=O) groups excluding carboxylic acids is 1. The van der Waals surface area contributed by atoms with Crippen LogP contribution in [0, 0.1) is 11.3 Å². The van der Waals surface area contributed by atoms with Gasteiger partial charge in [0.15, 0.2) is 0 Å². The van der Waals surface area contributed by atoms with Crippen molar-refractivity contribution in [3.8, 4) is 6.07 Å². The molecule has 0 fully saturated rings. The van der Waals surface area contributed by atoms with Crippen LogP contribution in [0.3, 0.4) is 0 Å². The third-order valence-electron chi connectivity index (χ3n) is 2.44. The number of nitrogens with one attached hydrogen (secondary N) is 1. The van der Waals surface area contributed by atoms with Crippen LogP contribution in [0.5, 0.6) is 0 Å². The molecular weight excluding hydrogens is 252 g/mol. The maximum atomic E-state index is 12.0. The van der Waals surface area contributed by atoms with Crippen molar-refractivity contribution in [1.82, 2.24) is 4.72 Å². The fourth-order valence-electron chi connectivity index (χ4n) is 1.41. The second kappa shape index (κ2) is 5.76. The Hall–Kier alpha value is -1.71. The number of hydrogen-bond acceptors (Lipinski definition) is 4. The van der Waals surface area contributed by atoms with E-state index >= 15 is 0 Å². The van der Waals surface area contributed by atoms with Gasteiger partial charge >= 0.3 is 0 Å². The molecule has 1 N–H and O–H groups in total. The van der Waals surface area contributed by atoms with E-state index in [1.54, 1.807) is 6.92 Å². The summed E-state index contributed by atoms with van der Waals surface area (Å²) in [5, 5.41) is 8.72. The molecule has 0 saturated heterocycles. The van der Waals surface area contributed by atoms with Crippen LogP contribution in [0.2, 0.25) is 0 Å². The quantitative estimate of drug-likeness (QED) is 0.867. The van der Waals surface area contributed by atoms with Gasteiger partial charge in [-0.1, -0.05) is 13.0 Å². The highest BCUT2D eigenvalue weighted by Gasteiger charge is 2.20. The largest absolute Gasteiger partial charge is 0.298 e. The maximum absolute atomic E-state index is 12.0. The minimum absolute atomic E-state index is 0.0164. The second-order valence-electron chi connectivity index (χ2n) is 3.80. The van der Waals surface area contributed by atoms with E-state index in [-0.39, 0.29) is 22.7 Å². The van der Waals surface area contributed by atoms with Crippen LogP contribution < -0.4 is 4.72 Å². The predicted octanol–water partition coefficient (Wildman–Crippen LogP) is 1.20. The molecule has 0 bridgehead atoms. The molecule has 96 valence electrons. The Balaban J connectivity index is 3.00. The van der Waals surface area contributed by atoms with Gasteiger partial charge < -0.3 is 0 Å². The van der Waals surface area contributed by atoms with Gasteiger partial charge in [0.05, 0.1) is 22.6 Å². The Bertz CT molecular complexity index is 588. The molecule has 1 atom stereocenters. The zero-order valence-electron chi connectivity index (χ0n) is 10.2. The van der Waals surface area contributed by atoms with E-state index in [4.69, 9.17) is 5.26 Å². The third-order valence-corrected chi connectivity index (χ3v) is 3.98. The number of nitrogens with zero attached hydrogens (tertiary/aromatic N) is 1.